The molecule has 0 saturated carbocycles. The van der Waals surface area contributed by atoms with Gasteiger partial charge in [0.25, 0.3) is 5.56 Å². The largest absolute Gasteiger partial charge is 0.497 e. The van der Waals surface area contributed by atoms with Gasteiger partial charge in [0.15, 0.2) is 4.96 Å². The normalized spacial score (nSPS) is 12.1. The monoisotopic (exact) mass is 389 g/mol. The van der Waals surface area contributed by atoms with E-state index in [1.165, 1.54) is 29.2 Å². The summed E-state index contributed by atoms with van der Waals surface area (Å²) in [7, 11) is 1.60. The zero-order chi connectivity index (χ0) is 18.7. The predicted molar refractivity (Wildman–Crippen MR) is 106 cm³/mol. The van der Waals surface area contributed by atoms with Crippen LogP contribution in [0.2, 0.25) is 0 Å². The fourth-order valence-corrected chi connectivity index (χ4v) is 4.05. The van der Waals surface area contributed by atoms with E-state index in [0.29, 0.717) is 16.4 Å². The Bertz CT molecular complexity index is 980. The lowest BCUT2D eigenvalue weighted by molar-refractivity contribution is -0.115. The van der Waals surface area contributed by atoms with Crippen LogP contribution < -0.4 is 15.6 Å². The molecule has 1 aromatic carbocycles. The Kier molecular flexibility index (Phi) is 5.63. The molecule has 1 atom stereocenters. The number of nitrogens with zero attached hydrogens (tertiary/aromatic N) is 2. The molecule has 26 heavy (non-hydrogen) atoms. The number of fused-ring (bicyclic) bond motifs is 1. The molecular formula is C18H19N3O3S2. The van der Waals surface area contributed by atoms with Crippen molar-refractivity contribution >= 4 is 39.7 Å². The summed E-state index contributed by atoms with van der Waals surface area (Å²) >= 11 is 2.89. The van der Waals surface area contributed by atoms with Gasteiger partial charge in [-0.15, -0.1) is 23.1 Å². The van der Waals surface area contributed by atoms with Crippen LogP contribution in [0.1, 0.15) is 18.3 Å². The second-order valence-corrected chi connectivity index (χ2v) is 7.92. The topological polar surface area (TPSA) is 72.7 Å². The minimum atomic E-state index is -0.276. The summed E-state index contributed by atoms with van der Waals surface area (Å²) in [5, 5.41) is 4.51. The second-order valence-electron chi connectivity index (χ2n) is 5.75. The van der Waals surface area contributed by atoms with Gasteiger partial charge in [-0.1, -0.05) is 0 Å². The summed E-state index contributed by atoms with van der Waals surface area (Å²) in [5.74, 6) is 1.15. The van der Waals surface area contributed by atoms with Crippen LogP contribution in [0, 0.1) is 6.92 Å². The number of amides is 1. The first kappa shape index (κ1) is 18.5. The molecule has 0 saturated heterocycles. The Balaban J connectivity index is 1.61. The number of thiazole rings is 1. The Labute approximate surface area is 159 Å². The van der Waals surface area contributed by atoms with Crippen LogP contribution in [0.25, 0.3) is 4.96 Å². The fraction of sp³-hybridized carbons (Fsp3) is 0.278. The molecule has 0 aliphatic rings. The smallest absolute Gasteiger partial charge is 0.258 e. The van der Waals surface area contributed by atoms with Crippen LogP contribution in [0.4, 0.5) is 5.69 Å². The van der Waals surface area contributed by atoms with Gasteiger partial charge >= 0.3 is 0 Å². The van der Waals surface area contributed by atoms with Crippen LogP contribution in [-0.2, 0) is 10.5 Å². The summed E-state index contributed by atoms with van der Waals surface area (Å²) in [6, 6.07) is 8.72. The predicted octanol–water partition coefficient (Wildman–Crippen LogP) is 3.33. The molecule has 6 nitrogen and oxygen atoms in total. The van der Waals surface area contributed by atoms with Crippen molar-refractivity contribution in [1.82, 2.24) is 9.38 Å². The molecule has 0 spiro atoms. The number of thioether (sulfide) groups is 1. The summed E-state index contributed by atoms with van der Waals surface area (Å²) in [6.07, 6.45) is 0. The van der Waals surface area contributed by atoms with E-state index in [0.717, 1.165) is 17.1 Å². The van der Waals surface area contributed by atoms with E-state index in [1.54, 1.807) is 35.8 Å². The van der Waals surface area contributed by atoms with E-state index < -0.39 is 0 Å². The first-order chi connectivity index (χ1) is 12.5. The van der Waals surface area contributed by atoms with E-state index >= 15 is 0 Å². The first-order valence-corrected chi connectivity index (χ1v) is 9.94. The van der Waals surface area contributed by atoms with Crippen molar-refractivity contribution in [3.63, 3.8) is 0 Å². The number of rotatable bonds is 6. The lowest BCUT2D eigenvalue weighted by Gasteiger charge is -2.12. The van der Waals surface area contributed by atoms with E-state index in [4.69, 9.17) is 4.74 Å². The third-order valence-corrected chi connectivity index (χ3v) is 5.96. The number of aryl methyl sites for hydroxylation is 1. The molecule has 0 aliphatic carbocycles. The molecule has 0 aliphatic heterocycles. The summed E-state index contributed by atoms with van der Waals surface area (Å²) < 4.78 is 6.70. The van der Waals surface area contributed by atoms with Gasteiger partial charge in [0.1, 0.15) is 5.75 Å². The molecule has 1 amide bonds. The third-order valence-electron chi connectivity index (χ3n) is 3.84. The Morgan fingerprint density at radius 1 is 1.38 bits per heavy atom. The van der Waals surface area contributed by atoms with Gasteiger partial charge < -0.3 is 10.1 Å². The van der Waals surface area contributed by atoms with Gasteiger partial charge in [0.05, 0.1) is 18.1 Å². The molecule has 0 fully saturated rings. The van der Waals surface area contributed by atoms with E-state index in [9.17, 15) is 9.59 Å². The van der Waals surface area contributed by atoms with E-state index in [2.05, 4.69) is 10.3 Å². The van der Waals surface area contributed by atoms with Gasteiger partial charge in [0, 0.05) is 28.6 Å². The molecule has 1 N–H and O–H groups in total. The highest BCUT2D eigenvalue weighted by atomic mass is 32.2. The van der Waals surface area contributed by atoms with Gasteiger partial charge in [-0.05, 0) is 38.1 Å². The van der Waals surface area contributed by atoms with Gasteiger partial charge in [0.2, 0.25) is 5.91 Å². The van der Waals surface area contributed by atoms with Gasteiger partial charge in [-0.2, -0.15) is 0 Å². The first-order valence-electron chi connectivity index (χ1n) is 8.01. The number of ether oxygens (including phenoxy) is 1. The number of methoxy groups -OCH3 is 1. The van der Waals surface area contributed by atoms with Crippen molar-refractivity contribution in [2.75, 3.05) is 12.4 Å². The van der Waals surface area contributed by atoms with Crippen LogP contribution >= 0.6 is 23.1 Å². The Morgan fingerprint density at radius 2 is 2.12 bits per heavy atom. The van der Waals surface area contributed by atoms with E-state index in [1.807, 2.05) is 19.2 Å². The SMILES string of the molecule is COc1ccc(NC(=O)C(C)SCc2cc(=O)n3c(C)csc3n2)cc1. The van der Waals surface area contributed by atoms with Crippen molar-refractivity contribution in [2.45, 2.75) is 24.9 Å². The molecule has 0 radical (unpaired) electrons. The van der Waals surface area contributed by atoms with Crippen molar-refractivity contribution in [2.24, 2.45) is 0 Å². The maximum Gasteiger partial charge on any atom is 0.258 e. The number of aromatic nitrogens is 2. The molecular weight excluding hydrogens is 370 g/mol. The molecule has 3 rings (SSSR count). The molecule has 8 heteroatoms. The quantitative estimate of drug-likeness (QED) is 0.700. The molecule has 2 heterocycles. The Hall–Kier alpha value is -2.32. The van der Waals surface area contributed by atoms with Crippen LogP contribution in [0.5, 0.6) is 5.75 Å². The number of hydrogen-bond donors (Lipinski definition) is 1. The lowest BCUT2D eigenvalue weighted by Crippen LogP contribution is -2.23. The highest BCUT2D eigenvalue weighted by Gasteiger charge is 2.15. The van der Waals surface area contributed by atoms with Crippen molar-refractivity contribution < 1.29 is 9.53 Å². The average molecular weight is 390 g/mol. The van der Waals surface area contributed by atoms with Gasteiger partial charge in [-0.3, -0.25) is 14.0 Å². The zero-order valence-electron chi connectivity index (χ0n) is 14.7. The molecule has 1 unspecified atom stereocenters. The average Bonchev–Trinajstić information content (AvgIpc) is 3.01. The summed E-state index contributed by atoms with van der Waals surface area (Å²) in [5.41, 5.74) is 2.20. The molecule has 136 valence electrons. The fourth-order valence-electron chi connectivity index (χ4n) is 2.38. The number of carbonyl (C=O) groups excluding carboxylic acids is 1. The number of benzene rings is 1. The maximum absolute atomic E-state index is 12.3. The summed E-state index contributed by atoms with van der Waals surface area (Å²) in [4.78, 5) is 29.7. The minimum Gasteiger partial charge on any atom is -0.497 e. The summed E-state index contributed by atoms with van der Waals surface area (Å²) in [6.45, 7) is 3.72. The Morgan fingerprint density at radius 3 is 2.81 bits per heavy atom. The zero-order valence-corrected chi connectivity index (χ0v) is 16.3. The van der Waals surface area contributed by atoms with Crippen LogP contribution in [0.15, 0.2) is 40.5 Å². The molecule has 3 aromatic rings. The molecule has 0 bridgehead atoms. The number of hydrogen-bond acceptors (Lipinski definition) is 6. The van der Waals surface area contributed by atoms with Crippen LogP contribution in [0.3, 0.4) is 0 Å². The number of nitrogens with one attached hydrogen (secondary N) is 1. The van der Waals surface area contributed by atoms with Crippen molar-refractivity contribution in [3.8, 4) is 5.75 Å². The van der Waals surface area contributed by atoms with Gasteiger partial charge in [-0.25, -0.2) is 4.98 Å². The number of carbonyl (C=O) groups is 1. The highest BCUT2D eigenvalue weighted by molar-refractivity contribution is 7.99. The standard InChI is InChI=1S/C18H19N3O3S2/c1-11-9-26-18-20-14(8-16(22)21(11)18)10-25-12(2)17(23)19-13-4-6-15(24-3)7-5-13/h4-9,12H,10H2,1-3H3,(H,19,23). The minimum absolute atomic E-state index is 0.0836. The van der Waals surface area contributed by atoms with E-state index in [-0.39, 0.29) is 16.7 Å². The lowest BCUT2D eigenvalue weighted by atomic mass is 10.3. The maximum atomic E-state index is 12.3. The van der Waals surface area contributed by atoms with Crippen molar-refractivity contribution in [3.05, 3.63) is 57.5 Å². The third kappa shape index (κ3) is 4.08. The van der Waals surface area contributed by atoms with Crippen molar-refractivity contribution in [1.29, 1.82) is 0 Å². The highest BCUT2D eigenvalue weighted by Crippen LogP contribution is 2.20. The number of anilines is 1. The molecule has 2 aromatic heterocycles. The second kappa shape index (κ2) is 7.92. The van der Waals surface area contributed by atoms with Crippen LogP contribution in [-0.4, -0.2) is 27.7 Å².